The maximum Gasteiger partial charge on any atom is 0.234 e. The molecule has 3 heterocycles. The normalized spacial score (nSPS) is 25.1. The van der Waals surface area contributed by atoms with E-state index in [4.69, 9.17) is 14.0 Å². The largest absolute Gasteiger partial charge is 0.493 e. The zero-order valence-corrected chi connectivity index (χ0v) is 11.6. The van der Waals surface area contributed by atoms with E-state index in [-0.39, 0.29) is 12.0 Å². The first kappa shape index (κ1) is 12.8. The fourth-order valence-corrected chi connectivity index (χ4v) is 2.85. The van der Waals surface area contributed by atoms with Gasteiger partial charge in [-0.1, -0.05) is 23.4 Å². The lowest BCUT2D eigenvalue weighted by Crippen LogP contribution is -2.33. The molecular weight excluding hydrogens is 270 g/mol. The van der Waals surface area contributed by atoms with Crippen molar-refractivity contribution in [2.45, 2.75) is 18.4 Å². The quantitative estimate of drug-likeness (QED) is 0.905. The van der Waals surface area contributed by atoms with Crippen LogP contribution in [0.1, 0.15) is 35.7 Å². The van der Waals surface area contributed by atoms with E-state index in [1.54, 1.807) is 0 Å². The Morgan fingerprint density at radius 1 is 1.19 bits per heavy atom. The third-order valence-electron chi connectivity index (χ3n) is 3.93. The van der Waals surface area contributed by atoms with Crippen molar-refractivity contribution in [3.8, 4) is 5.75 Å². The molecule has 4 rings (SSSR count). The van der Waals surface area contributed by atoms with Crippen LogP contribution in [0, 0.1) is 0 Å². The maximum absolute atomic E-state index is 5.67. The number of morpholine rings is 1. The summed E-state index contributed by atoms with van der Waals surface area (Å²) in [6.07, 6.45) is 0.730. The Balaban J connectivity index is 1.61. The topological polar surface area (TPSA) is 69.4 Å². The number of nitrogens with zero attached hydrogens (tertiary/aromatic N) is 2. The van der Waals surface area contributed by atoms with E-state index in [1.165, 1.54) is 0 Å². The summed E-state index contributed by atoms with van der Waals surface area (Å²) in [6.45, 7) is 2.94. The molecule has 1 aromatic heterocycles. The molecule has 6 heteroatoms. The van der Waals surface area contributed by atoms with Crippen molar-refractivity contribution in [2.24, 2.45) is 0 Å². The molecule has 110 valence electrons. The van der Waals surface area contributed by atoms with Crippen LogP contribution in [0.25, 0.3) is 0 Å². The van der Waals surface area contributed by atoms with E-state index in [2.05, 4.69) is 21.5 Å². The van der Waals surface area contributed by atoms with Crippen LogP contribution in [-0.2, 0) is 4.74 Å². The van der Waals surface area contributed by atoms with Crippen molar-refractivity contribution < 1.29 is 14.0 Å². The van der Waals surface area contributed by atoms with Gasteiger partial charge < -0.3 is 19.3 Å². The van der Waals surface area contributed by atoms with E-state index in [9.17, 15) is 0 Å². The van der Waals surface area contributed by atoms with E-state index >= 15 is 0 Å². The van der Waals surface area contributed by atoms with Crippen LogP contribution >= 0.6 is 0 Å². The van der Waals surface area contributed by atoms with Crippen LogP contribution in [-0.4, -0.2) is 36.4 Å². The maximum atomic E-state index is 5.67. The number of benzene rings is 1. The average molecular weight is 287 g/mol. The fraction of sp³-hybridized carbons (Fsp3) is 0.467. The van der Waals surface area contributed by atoms with Crippen molar-refractivity contribution in [3.05, 3.63) is 41.5 Å². The van der Waals surface area contributed by atoms with Gasteiger partial charge in [-0.3, -0.25) is 0 Å². The van der Waals surface area contributed by atoms with Gasteiger partial charge in [-0.2, -0.15) is 4.98 Å². The molecule has 2 aliphatic rings. The molecule has 2 aromatic rings. The molecule has 0 bridgehead atoms. The highest BCUT2D eigenvalue weighted by Gasteiger charge is 2.29. The van der Waals surface area contributed by atoms with Gasteiger partial charge in [-0.25, -0.2) is 0 Å². The van der Waals surface area contributed by atoms with Gasteiger partial charge in [0.25, 0.3) is 0 Å². The van der Waals surface area contributed by atoms with Crippen molar-refractivity contribution in [2.75, 3.05) is 26.3 Å². The molecule has 0 saturated carbocycles. The number of fused-ring (bicyclic) bond motifs is 1. The molecule has 2 unspecified atom stereocenters. The molecule has 1 N–H and O–H groups in total. The summed E-state index contributed by atoms with van der Waals surface area (Å²) in [7, 11) is 0. The van der Waals surface area contributed by atoms with Gasteiger partial charge in [0.1, 0.15) is 11.9 Å². The van der Waals surface area contributed by atoms with Crippen LogP contribution in [0.15, 0.2) is 28.8 Å². The van der Waals surface area contributed by atoms with Crippen LogP contribution in [0.2, 0.25) is 0 Å². The molecule has 2 aliphatic heterocycles. The van der Waals surface area contributed by atoms with E-state index in [0.29, 0.717) is 24.9 Å². The Bertz CT molecular complexity index is 622. The van der Waals surface area contributed by atoms with Gasteiger partial charge in [0.05, 0.1) is 19.1 Å². The van der Waals surface area contributed by atoms with Gasteiger partial charge in [-0.05, 0) is 12.5 Å². The summed E-state index contributed by atoms with van der Waals surface area (Å²) >= 11 is 0. The Labute approximate surface area is 122 Å². The molecule has 1 fully saturated rings. The predicted octanol–water partition coefficient (Wildman–Crippen LogP) is 1.64. The highest BCUT2D eigenvalue weighted by Crippen LogP contribution is 2.37. The lowest BCUT2D eigenvalue weighted by molar-refractivity contribution is 0.0208. The third kappa shape index (κ3) is 2.41. The number of nitrogens with one attached hydrogen (secondary N) is 1. The standard InChI is InChI=1S/C15H17N3O3/c1-2-4-12-10(3-1)11(5-7-19-12)15-17-14(18-21-15)13-9-16-6-8-20-13/h1-4,11,13,16H,5-9H2. The van der Waals surface area contributed by atoms with Gasteiger partial charge >= 0.3 is 0 Å². The lowest BCUT2D eigenvalue weighted by atomic mass is 9.93. The van der Waals surface area contributed by atoms with Gasteiger partial charge in [0.2, 0.25) is 11.7 Å². The van der Waals surface area contributed by atoms with Crippen LogP contribution in [0.5, 0.6) is 5.75 Å². The summed E-state index contributed by atoms with van der Waals surface area (Å²) in [5.74, 6) is 2.29. The predicted molar refractivity (Wildman–Crippen MR) is 74.3 cm³/mol. The molecular formula is C15H17N3O3. The number of aromatic nitrogens is 2. The fourth-order valence-electron chi connectivity index (χ4n) is 2.85. The van der Waals surface area contributed by atoms with E-state index < -0.39 is 0 Å². The molecule has 0 spiro atoms. The lowest BCUT2D eigenvalue weighted by Gasteiger charge is -2.23. The van der Waals surface area contributed by atoms with Gasteiger partial charge in [0.15, 0.2) is 0 Å². The number of hydrogen-bond acceptors (Lipinski definition) is 6. The average Bonchev–Trinajstić information content (AvgIpc) is 3.05. The minimum atomic E-state index is -0.119. The SMILES string of the molecule is c1ccc2c(c1)OCCC2c1nc(C2CNCCO2)no1. The highest BCUT2D eigenvalue weighted by molar-refractivity contribution is 5.40. The first-order valence-electron chi connectivity index (χ1n) is 7.29. The number of para-hydroxylation sites is 1. The van der Waals surface area contributed by atoms with Crippen LogP contribution in [0.4, 0.5) is 0 Å². The summed E-state index contributed by atoms with van der Waals surface area (Å²) in [5, 5.41) is 7.37. The molecule has 21 heavy (non-hydrogen) atoms. The molecule has 0 aliphatic carbocycles. The molecule has 6 nitrogen and oxygen atoms in total. The monoisotopic (exact) mass is 287 g/mol. The molecule has 1 aromatic carbocycles. The van der Waals surface area contributed by atoms with Crippen molar-refractivity contribution in [1.82, 2.24) is 15.5 Å². The smallest absolute Gasteiger partial charge is 0.234 e. The summed E-state index contributed by atoms with van der Waals surface area (Å²) in [4.78, 5) is 4.56. The summed E-state index contributed by atoms with van der Waals surface area (Å²) < 4.78 is 16.8. The Morgan fingerprint density at radius 3 is 3.05 bits per heavy atom. The first-order chi connectivity index (χ1) is 10.4. The molecule has 0 radical (unpaired) electrons. The summed E-state index contributed by atoms with van der Waals surface area (Å²) in [5.41, 5.74) is 1.11. The third-order valence-corrected chi connectivity index (χ3v) is 3.93. The Hall–Kier alpha value is -1.92. The zero-order chi connectivity index (χ0) is 14.1. The van der Waals surface area contributed by atoms with Crippen molar-refractivity contribution in [3.63, 3.8) is 0 Å². The highest BCUT2D eigenvalue weighted by atomic mass is 16.5. The van der Waals surface area contributed by atoms with E-state index in [0.717, 1.165) is 30.8 Å². The number of rotatable bonds is 2. The molecule has 2 atom stereocenters. The second kappa shape index (κ2) is 5.46. The minimum absolute atomic E-state index is 0.104. The first-order valence-corrected chi connectivity index (χ1v) is 7.29. The Morgan fingerprint density at radius 2 is 2.14 bits per heavy atom. The Kier molecular flexibility index (Phi) is 3.33. The van der Waals surface area contributed by atoms with E-state index in [1.807, 2.05) is 18.2 Å². The minimum Gasteiger partial charge on any atom is -0.493 e. The summed E-state index contributed by atoms with van der Waals surface area (Å²) in [6, 6.07) is 8.02. The second-order valence-corrected chi connectivity index (χ2v) is 5.28. The zero-order valence-electron chi connectivity index (χ0n) is 11.6. The van der Waals surface area contributed by atoms with Crippen LogP contribution < -0.4 is 10.1 Å². The van der Waals surface area contributed by atoms with Crippen LogP contribution in [0.3, 0.4) is 0 Å². The molecule has 1 saturated heterocycles. The molecule has 0 amide bonds. The number of ether oxygens (including phenoxy) is 2. The van der Waals surface area contributed by atoms with Gasteiger partial charge in [0, 0.05) is 18.7 Å². The number of hydrogen-bond donors (Lipinski definition) is 1. The van der Waals surface area contributed by atoms with Crippen molar-refractivity contribution in [1.29, 1.82) is 0 Å². The van der Waals surface area contributed by atoms with Crippen molar-refractivity contribution >= 4 is 0 Å². The second-order valence-electron chi connectivity index (χ2n) is 5.28. The van der Waals surface area contributed by atoms with Gasteiger partial charge in [-0.15, -0.1) is 0 Å².